The van der Waals surface area contributed by atoms with E-state index in [2.05, 4.69) is 24.3 Å². The van der Waals surface area contributed by atoms with Crippen LogP contribution in [0.25, 0.3) is 0 Å². The van der Waals surface area contributed by atoms with Crippen molar-refractivity contribution in [1.82, 2.24) is 9.78 Å². The first-order chi connectivity index (χ1) is 10.0. The van der Waals surface area contributed by atoms with Crippen LogP contribution in [0, 0.1) is 0 Å². The monoisotopic (exact) mass is 309 g/mol. The minimum atomic E-state index is 0.350. The second-order valence-electron chi connectivity index (χ2n) is 4.96. The van der Waals surface area contributed by atoms with Gasteiger partial charge in [-0.25, -0.2) is 0 Å². The van der Waals surface area contributed by atoms with Crippen molar-refractivity contribution in [3.63, 3.8) is 0 Å². The number of hydrogen-bond donors (Lipinski definition) is 1. The standard InChI is InChI=1S/C15H20ClN3O2/c1-10(2)19-9-11(8-18-19)7-17-13-6-15(21-4)14(20-3)5-12(13)16/h5-6,8-10,17H,7H2,1-4H3. The number of methoxy groups -OCH3 is 2. The van der Waals surface area contributed by atoms with Crippen molar-refractivity contribution in [3.8, 4) is 11.5 Å². The summed E-state index contributed by atoms with van der Waals surface area (Å²) < 4.78 is 12.4. The first-order valence-corrected chi connectivity index (χ1v) is 7.11. The lowest BCUT2D eigenvalue weighted by Gasteiger charge is -2.13. The predicted molar refractivity (Wildman–Crippen MR) is 84.5 cm³/mol. The fourth-order valence-electron chi connectivity index (χ4n) is 1.94. The van der Waals surface area contributed by atoms with Crippen molar-refractivity contribution in [2.24, 2.45) is 0 Å². The topological polar surface area (TPSA) is 48.3 Å². The van der Waals surface area contributed by atoms with E-state index in [1.807, 2.05) is 23.1 Å². The smallest absolute Gasteiger partial charge is 0.162 e. The Kier molecular flexibility index (Phi) is 4.96. The molecule has 0 radical (unpaired) electrons. The molecule has 1 aromatic carbocycles. The molecular formula is C15H20ClN3O2. The molecule has 1 N–H and O–H groups in total. The third-order valence-corrected chi connectivity index (χ3v) is 3.45. The van der Waals surface area contributed by atoms with Crippen molar-refractivity contribution in [3.05, 3.63) is 35.1 Å². The van der Waals surface area contributed by atoms with Crippen LogP contribution in [-0.2, 0) is 6.54 Å². The van der Waals surface area contributed by atoms with Crippen molar-refractivity contribution in [2.75, 3.05) is 19.5 Å². The second kappa shape index (κ2) is 6.72. The lowest BCUT2D eigenvalue weighted by molar-refractivity contribution is 0.355. The van der Waals surface area contributed by atoms with E-state index in [1.54, 1.807) is 20.3 Å². The third kappa shape index (κ3) is 3.61. The molecule has 114 valence electrons. The zero-order valence-electron chi connectivity index (χ0n) is 12.7. The molecule has 0 aliphatic carbocycles. The van der Waals surface area contributed by atoms with Gasteiger partial charge in [0.05, 0.1) is 31.1 Å². The van der Waals surface area contributed by atoms with Crippen LogP contribution in [0.3, 0.4) is 0 Å². The Balaban J connectivity index is 2.12. The van der Waals surface area contributed by atoms with E-state index >= 15 is 0 Å². The van der Waals surface area contributed by atoms with Crippen LogP contribution in [0.15, 0.2) is 24.5 Å². The SMILES string of the molecule is COc1cc(Cl)c(NCc2cnn(C(C)C)c2)cc1OC. The summed E-state index contributed by atoms with van der Waals surface area (Å²) in [5, 5.41) is 8.18. The summed E-state index contributed by atoms with van der Waals surface area (Å²) in [5.74, 6) is 1.25. The third-order valence-electron chi connectivity index (χ3n) is 3.14. The number of rotatable bonds is 6. The summed E-state index contributed by atoms with van der Waals surface area (Å²) in [4.78, 5) is 0. The van der Waals surface area contributed by atoms with Gasteiger partial charge in [0.1, 0.15) is 0 Å². The van der Waals surface area contributed by atoms with Crippen LogP contribution >= 0.6 is 11.6 Å². The molecule has 1 heterocycles. The predicted octanol–water partition coefficient (Wildman–Crippen LogP) is 3.75. The Hall–Kier alpha value is -1.88. The van der Waals surface area contributed by atoms with Crippen LogP contribution in [0.2, 0.25) is 5.02 Å². The highest BCUT2D eigenvalue weighted by Gasteiger charge is 2.10. The maximum absolute atomic E-state index is 6.24. The van der Waals surface area contributed by atoms with Gasteiger partial charge in [-0.1, -0.05) is 11.6 Å². The zero-order chi connectivity index (χ0) is 15.4. The average Bonchev–Trinajstić information content (AvgIpc) is 2.94. The van der Waals surface area contributed by atoms with Gasteiger partial charge < -0.3 is 14.8 Å². The molecule has 0 unspecified atom stereocenters. The number of anilines is 1. The first kappa shape index (κ1) is 15.5. The molecule has 0 saturated carbocycles. The van der Waals surface area contributed by atoms with Crippen LogP contribution < -0.4 is 14.8 Å². The largest absolute Gasteiger partial charge is 0.493 e. The molecule has 0 aliphatic rings. The Bertz CT molecular complexity index is 611. The number of hydrogen-bond acceptors (Lipinski definition) is 4. The van der Waals surface area contributed by atoms with E-state index in [0.717, 1.165) is 11.3 Å². The van der Waals surface area contributed by atoms with Gasteiger partial charge in [-0.3, -0.25) is 4.68 Å². The highest BCUT2D eigenvalue weighted by molar-refractivity contribution is 6.33. The molecule has 5 nitrogen and oxygen atoms in total. The van der Waals surface area contributed by atoms with Crippen LogP contribution in [-0.4, -0.2) is 24.0 Å². The molecule has 0 spiro atoms. The average molecular weight is 310 g/mol. The molecule has 0 saturated heterocycles. The number of nitrogens with zero attached hydrogens (tertiary/aromatic N) is 2. The summed E-state index contributed by atoms with van der Waals surface area (Å²) in [6.45, 7) is 4.83. The molecule has 2 rings (SSSR count). The minimum absolute atomic E-state index is 0.350. The molecule has 0 fully saturated rings. The summed E-state index contributed by atoms with van der Waals surface area (Å²) in [6.07, 6.45) is 3.87. The van der Waals surface area contributed by atoms with Gasteiger partial charge in [-0.15, -0.1) is 0 Å². The van der Waals surface area contributed by atoms with E-state index in [0.29, 0.717) is 29.1 Å². The Morgan fingerprint density at radius 3 is 2.48 bits per heavy atom. The van der Waals surface area contributed by atoms with Gasteiger partial charge in [-0.05, 0) is 13.8 Å². The molecule has 21 heavy (non-hydrogen) atoms. The lowest BCUT2D eigenvalue weighted by Crippen LogP contribution is -2.02. The van der Waals surface area contributed by atoms with Crippen molar-refractivity contribution in [2.45, 2.75) is 26.4 Å². The zero-order valence-corrected chi connectivity index (χ0v) is 13.4. The normalized spacial score (nSPS) is 10.8. The highest BCUT2D eigenvalue weighted by Crippen LogP contribution is 2.36. The molecule has 0 bridgehead atoms. The summed E-state index contributed by atoms with van der Waals surface area (Å²) in [5.41, 5.74) is 1.89. The van der Waals surface area contributed by atoms with Crippen LogP contribution in [0.5, 0.6) is 11.5 Å². The quantitative estimate of drug-likeness (QED) is 0.883. The summed E-state index contributed by atoms with van der Waals surface area (Å²) in [6, 6.07) is 3.91. The van der Waals surface area contributed by atoms with E-state index in [-0.39, 0.29) is 0 Å². The lowest BCUT2D eigenvalue weighted by atomic mass is 10.2. The number of benzene rings is 1. The first-order valence-electron chi connectivity index (χ1n) is 6.73. The van der Waals surface area contributed by atoms with E-state index < -0.39 is 0 Å². The number of aromatic nitrogens is 2. The Morgan fingerprint density at radius 2 is 1.90 bits per heavy atom. The molecule has 2 aromatic rings. The molecular weight excluding hydrogens is 290 g/mol. The number of halogens is 1. The number of nitrogens with one attached hydrogen (secondary N) is 1. The highest BCUT2D eigenvalue weighted by atomic mass is 35.5. The van der Waals surface area contributed by atoms with Crippen molar-refractivity contribution >= 4 is 17.3 Å². The van der Waals surface area contributed by atoms with Crippen molar-refractivity contribution < 1.29 is 9.47 Å². The molecule has 0 aliphatic heterocycles. The van der Waals surface area contributed by atoms with E-state index in [1.165, 1.54) is 0 Å². The molecule has 0 amide bonds. The van der Waals surface area contributed by atoms with Crippen LogP contribution in [0.4, 0.5) is 5.69 Å². The van der Waals surface area contributed by atoms with E-state index in [4.69, 9.17) is 21.1 Å². The minimum Gasteiger partial charge on any atom is -0.493 e. The van der Waals surface area contributed by atoms with Crippen LogP contribution in [0.1, 0.15) is 25.5 Å². The van der Waals surface area contributed by atoms with Gasteiger partial charge in [0, 0.05) is 36.5 Å². The Morgan fingerprint density at radius 1 is 1.24 bits per heavy atom. The second-order valence-corrected chi connectivity index (χ2v) is 5.37. The van der Waals surface area contributed by atoms with Gasteiger partial charge >= 0.3 is 0 Å². The summed E-state index contributed by atoms with van der Waals surface area (Å²) >= 11 is 6.24. The summed E-state index contributed by atoms with van der Waals surface area (Å²) in [7, 11) is 3.18. The number of ether oxygens (including phenoxy) is 2. The van der Waals surface area contributed by atoms with Crippen molar-refractivity contribution in [1.29, 1.82) is 0 Å². The maximum Gasteiger partial charge on any atom is 0.162 e. The fraction of sp³-hybridized carbons (Fsp3) is 0.400. The fourth-order valence-corrected chi connectivity index (χ4v) is 2.16. The Labute approximate surface area is 129 Å². The molecule has 0 atom stereocenters. The van der Waals surface area contributed by atoms with Gasteiger partial charge in [0.2, 0.25) is 0 Å². The molecule has 6 heteroatoms. The van der Waals surface area contributed by atoms with Gasteiger partial charge in [-0.2, -0.15) is 5.10 Å². The van der Waals surface area contributed by atoms with Gasteiger partial charge in [0.25, 0.3) is 0 Å². The maximum atomic E-state index is 6.24. The van der Waals surface area contributed by atoms with Gasteiger partial charge in [0.15, 0.2) is 11.5 Å². The molecule has 1 aromatic heterocycles. The van der Waals surface area contributed by atoms with E-state index in [9.17, 15) is 0 Å².